The lowest BCUT2D eigenvalue weighted by atomic mass is 10.1. The van der Waals surface area contributed by atoms with Gasteiger partial charge in [0.1, 0.15) is 12.5 Å². The molecule has 1 amide bonds. The molecular formula is C16H14N2O3. The van der Waals surface area contributed by atoms with E-state index >= 15 is 0 Å². The Kier molecular flexibility index (Phi) is 3.55. The third kappa shape index (κ3) is 3.02. The van der Waals surface area contributed by atoms with Gasteiger partial charge in [-0.3, -0.25) is 9.78 Å². The standard InChI is InChI=1S/C16H14N2O3/c1-11-7-13(10-17-9-11)15(19)18-14-4-2-3-12(8-14)16-20-5-6-21-16/h2-10,16H,1H3,(H,18,19). The fourth-order valence-corrected chi connectivity index (χ4v) is 2.04. The van der Waals surface area contributed by atoms with Gasteiger partial charge in [0.2, 0.25) is 0 Å². The van der Waals surface area contributed by atoms with Crippen molar-refractivity contribution < 1.29 is 14.3 Å². The maximum atomic E-state index is 12.2. The first kappa shape index (κ1) is 13.2. The SMILES string of the molecule is Cc1cncc(C(=O)Nc2cccc(C3OC=CO3)c2)c1. The number of hydrogen-bond acceptors (Lipinski definition) is 4. The van der Waals surface area contributed by atoms with Gasteiger partial charge in [0.15, 0.2) is 0 Å². The zero-order chi connectivity index (χ0) is 14.7. The second-order valence-corrected chi connectivity index (χ2v) is 4.71. The summed E-state index contributed by atoms with van der Waals surface area (Å²) in [7, 11) is 0. The first-order chi connectivity index (χ1) is 10.2. The number of rotatable bonds is 3. The summed E-state index contributed by atoms with van der Waals surface area (Å²) in [5.74, 6) is -0.199. The van der Waals surface area contributed by atoms with Crippen LogP contribution in [0.2, 0.25) is 0 Å². The molecule has 0 unspecified atom stereocenters. The summed E-state index contributed by atoms with van der Waals surface area (Å²) in [6.07, 6.45) is 5.78. The first-order valence-electron chi connectivity index (χ1n) is 6.51. The van der Waals surface area contributed by atoms with Gasteiger partial charge in [-0.2, -0.15) is 0 Å². The highest BCUT2D eigenvalue weighted by Crippen LogP contribution is 2.26. The number of carbonyl (C=O) groups excluding carboxylic acids is 1. The van der Waals surface area contributed by atoms with Crippen LogP contribution in [0.4, 0.5) is 5.69 Å². The average Bonchev–Trinajstić information content (AvgIpc) is 3.02. The number of aryl methyl sites for hydroxylation is 1. The Morgan fingerprint density at radius 1 is 1.19 bits per heavy atom. The zero-order valence-corrected chi connectivity index (χ0v) is 11.4. The second-order valence-electron chi connectivity index (χ2n) is 4.71. The maximum Gasteiger partial charge on any atom is 0.266 e. The van der Waals surface area contributed by atoms with Crippen LogP contribution < -0.4 is 5.32 Å². The normalized spacial score (nSPS) is 13.6. The van der Waals surface area contributed by atoms with E-state index < -0.39 is 6.29 Å². The highest BCUT2D eigenvalue weighted by Gasteiger charge is 2.16. The molecule has 1 aliphatic rings. The molecule has 1 aromatic heterocycles. The molecule has 0 atom stereocenters. The Hall–Kier alpha value is -2.82. The highest BCUT2D eigenvalue weighted by atomic mass is 16.7. The molecule has 2 heterocycles. The molecule has 0 aliphatic carbocycles. The van der Waals surface area contributed by atoms with Gasteiger partial charge in [-0.25, -0.2) is 0 Å². The van der Waals surface area contributed by atoms with Crippen molar-refractivity contribution in [3.05, 3.63) is 71.9 Å². The van der Waals surface area contributed by atoms with Gasteiger partial charge >= 0.3 is 0 Å². The van der Waals surface area contributed by atoms with Crippen LogP contribution >= 0.6 is 0 Å². The molecular weight excluding hydrogens is 268 g/mol. The van der Waals surface area contributed by atoms with E-state index in [1.54, 1.807) is 18.5 Å². The molecule has 0 spiro atoms. The minimum Gasteiger partial charge on any atom is -0.455 e. The monoisotopic (exact) mass is 282 g/mol. The number of aromatic nitrogens is 1. The molecule has 0 fully saturated rings. The van der Waals surface area contributed by atoms with Gasteiger partial charge in [0.05, 0.1) is 5.56 Å². The van der Waals surface area contributed by atoms with Crippen LogP contribution in [0.25, 0.3) is 0 Å². The quantitative estimate of drug-likeness (QED) is 0.939. The largest absolute Gasteiger partial charge is 0.455 e. The summed E-state index contributed by atoms with van der Waals surface area (Å²) < 4.78 is 10.5. The molecule has 3 rings (SSSR count). The van der Waals surface area contributed by atoms with E-state index in [0.717, 1.165) is 11.1 Å². The number of nitrogens with one attached hydrogen (secondary N) is 1. The van der Waals surface area contributed by atoms with Gasteiger partial charge in [-0.15, -0.1) is 0 Å². The summed E-state index contributed by atoms with van der Waals surface area (Å²) in [6, 6.07) is 9.14. The van der Waals surface area contributed by atoms with Gasteiger partial charge in [0.25, 0.3) is 12.2 Å². The number of hydrogen-bond donors (Lipinski definition) is 1. The first-order valence-corrected chi connectivity index (χ1v) is 6.51. The van der Waals surface area contributed by atoms with E-state index in [1.165, 1.54) is 12.5 Å². The topological polar surface area (TPSA) is 60.5 Å². The minimum absolute atomic E-state index is 0.199. The number of nitrogens with zero attached hydrogens (tertiary/aromatic N) is 1. The summed E-state index contributed by atoms with van der Waals surface area (Å²) in [5.41, 5.74) is 2.98. The van der Waals surface area contributed by atoms with Crippen LogP contribution in [0.15, 0.2) is 55.2 Å². The van der Waals surface area contributed by atoms with Gasteiger partial charge < -0.3 is 14.8 Å². The molecule has 0 saturated heterocycles. The van der Waals surface area contributed by atoms with Crippen molar-refractivity contribution in [2.75, 3.05) is 5.32 Å². The van der Waals surface area contributed by atoms with Gasteiger partial charge in [-0.1, -0.05) is 12.1 Å². The molecule has 1 N–H and O–H groups in total. The van der Waals surface area contributed by atoms with E-state index in [2.05, 4.69) is 10.3 Å². The lowest BCUT2D eigenvalue weighted by Crippen LogP contribution is -2.12. The van der Waals surface area contributed by atoms with Crippen LogP contribution in [-0.2, 0) is 9.47 Å². The zero-order valence-electron chi connectivity index (χ0n) is 11.4. The Morgan fingerprint density at radius 3 is 2.76 bits per heavy atom. The van der Waals surface area contributed by atoms with Crippen molar-refractivity contribution in [3.63, 3.8) is 0 Å². The van der Waals surface area contributed by atoms with E-state index in [4.69, 9.17) is 9.47 Å². The summed E-state index contributed by atoms with van der Waals surface area (Å²) >= 11 is 0. The molecule has 0 bridgehead atoms. The van der Waals surface area contributed by atoms with E-state index in [0.29, 0.717) is 11.3 Å². The molecule has 106 valence electrons. The molecule has 5 heteroatoms. The summed E-state index contributed by atoms with van der Waals surface area (Å²) in [6.45, 7) is 1.90. The van der Waals surface area contributed by atoms with Crippen molar-refractivity contribution in [1.82, 2.24) is 4.98 Å². The number of amides is 1. The van der Waals surface area contributed by atoms with Crippen molar-refractivity contribution >= 4 is 11.6 Å². The Bertz CT molecular complexity index is 689. The summed E-state index contributed by atoms with van der Waals surface area (Å²) in [5, 5.41) is 2.84. The van der Waals surface area contributed by atoms with Crippen LogP contribution in [-0.4, -0.2) is 10.9 Å². The Labute approximate surface area is 122 Å². The highest BCUT2D eigenvalue weighted by molar-refractivity contribution is 6.04. The van der Waals surface area contributed by atoms with Crippen molar-refractivity contribution in [2.45, 2.75) is 13.2 Å². The number of carbonyl (C=O) groups is 1. The van der Waals surface area contributed by atoms with Crippen LogP contribution in [0.5, 0.6) is 0 Å². The molecule has 1 aliphatic heterocycles. The van der Waals surface area contributed by atoms with Gasteiger partial charge in [0, 0.05) is 23.6 Å². The number of benzene rings is 1. The van der Waals surface area contributed by atoms with Gasteiger partial charge in [-0.05, 0) is 30.7 Å². The predicted molar refractivity (Wildman–Crippen MR) is 77.4 cm³/mol. The molecule has 0 saturated carbocycles. The lowest BCUT2D eigenvalue weighted by Gasteiger charge is -2.12. The Balaban J connectivity index is 1.75. The second kappa shape index (κ2) is 5.66. The molecule has 1 aromatic carbocycles. The molecule has 5 nitrogen and oxygen atoms in total. The van der Waals surface area contributed by atoms with E-state index in [-0.39, 0.29) is 5.91 Å². The number of ether oxygens (including phenoxy) is 2. The molecule has 0 radical (unpaired) electrons. The summed E-state index contributed by atoms with van der Waals surface area (Å²) in [4.78, 5) is 16.2. The molecule has 21 heavy (non-hydrogen) atoms. The lowest BCUT2D eigenvalue weighted by molar-refractivity contribution is -0.0245. The smallest absolute Gasteiger partial charge is 0.266 e. The predicted octanol–water partition coefficient (Wildman–Crippen LogP) is 3.16. The number of anilines is 1. The number of pyridine rings is 1. The van der Waals surface area contributed by atoms with E-state index in [1.807, 2.05) is 31.2 Å². The Morgan fingerprint density at radius 2 is 2.00 bits per heavy atom. The van der Waals surface area contributed by atoms with Crippen LogP contribution in [0, 0.1) is 6.92 Å². The van der Waals surface area contributed by atoms with Crippen LogP contribution in [0.3, 0.4) is 0 Å². The fourth-order valence-electron chi connectivity index (χ4n) is 2.04. The fraction of sp³-hybridized carbons (Fsp3) is 0.125. The van der Waals surface area contributed by atoms with Crippen molar-refractivity contribution in [1.29, 1.82) is 0 Å². The third-order valence-electron chi connectivity index (χ3n) is 3.01. The van der Waals surface area contributed by atoms with Crippen molar-refractivity contribution in [2.24, 2.45) is 0 Å². The van der Waals surface area contributed by atoms with Crippen molar-refractivity contribution in [3.8, 4) is 0 Å². The van der Waals surface area contributed by atoms with Crippen LogP contribution in [0.1, 0.15) is 27.8 Å². The third-order valence-corrected chi connectivity index (χ3v) is 3.01. The average molecular weight is 282 g/mol. The minimum atomic E-state index is -0.456. The maximum absolute atomic E-state index is 12.2. The van der Waals surface area contributed by atoms with E-state index in [9.17, 15) is 4.79 Å². The molecule has 2 aromatic rings.